The van der Waals surface area contributed by atoms with E-state index in [0.29, 0.717) is 6.04 Å². The average molecular weight is 328 g/mol. The van der Waals surface area contributed by atoms with Crippen LogP contribution in [0.5, 0.6) is 0 Å². The molecule has 2 heterocycles. The van der Waals surface area contributed by atoms with Crippen molar-refractivity contribution in [1.82, 2.24) is 19.4 Å². The number of imidazole rings is 1. The molecule has 0 saturated carbocycles. The summed E-state index contributed by atoms with van der Waals surface area (Å²) >= 11 is 0. The van der Waals surface area contributed by atoms with Crippen LogP contribution in [-0.2, 0) is 13.1 Å². The Morgan fingerprint density at radius 3 is 2.71 bits per heavy atom. The topological polar surface area (TPSA) is 44.5 Å². The van der Waals surface area contributed by atoms with Crippen LogP contribution in [0.2, 0.25) is 0 Å². The highest BCUT2D eigenvalue weighted by Crippen LogP contribution is 2.14. The monoisotopic (exact) mass is 328 g/mol. The standard InChI is InChI=1S/C19H28N4O/c1-16-12-21(10-11-22(16)13-17(2)24)15-19-20-8-9-23(19)14-18-6-4-3-5-7-18/h3-9,16-17,24H,10-15H2,1-2H3/t16-,17-/m1/s1. The molecule has 0 spiro atoms. The summed E-state index contributed by atoms with van der Waals surface area (Å²) in [5, 5.41) is 9.60. The van der Waals surface area contributed by atoms with Crippen molar-refractivity contribution in [3.8, 4) is 0 Å². The van der Waals surface area contributed by atoms with E-state index in [1.54, 1.807) is 0 Å². The second-order valence-electron chi connectivity index (χ2n) is 6.89. The highest BCUT2D eigenvalue weighted by atomic mass is 16.3. The van der Waals surface area contributed by atoms with Crippen LogP contribution in [0.25, 0.3) is 0 Å². The zero-order valence-corrected chi connectivity index (χ0v) is 14.7. The Morgan fingerprint density at radius 1 is 1.21 bits per heavy atom. The van der Waals surface area contributed by atoms with Gasteiger partial charge in [-0.05, 0) is 19.4 Å². The fourth-order valence-electron chi connectivity index (χ4n) is 3.44. The van der Waals surface area contributed by atoms with Gasteiger partial charge in [0.05, 0.1) is 12.6 Å². The molecule has 1 aromatic heterocycles. The van der Waals surface area contributed by atoms with E-state index in [-0.39, 0.29) is 6.10 Å². The lowest BCUT2D eigenvalue weighted by Crippen LogP contribution is -2.53. The van der Waals surface area contributed by atoms with E-state index < -0.39 is 0 Å². The molecule has 0 bridgehead atoms. The average Bonchev–Trinajstić information content (AvgIpc) is 2.98. The molecule has 2 atom stereocenters. The van der Waals surface area contributed by atoms with Crippen LogP contribution < -0.4 is 0 Å². The summed E-state index contributed by atoms with van der Waals surface area (Å²) in [6.45, 7) is 9.66. The number of rotatable bonds is 6. The smallest absolute Gasteiger partial charge is 0.123 e. The van der Waals surface area contributed by atoms with Gasteiger partial charge in [-0.15, -0.1) is 0 Å². The van der Waals surface area contributed by atoms with Gasteiger partial charge in [0.1, 0.15) is 5.82 Å². The van der Waals surface area contributed by atoms with Crippen molar-refractivity contribution in [2.45, 2.75) is 39.1 Å². The van der Waals surface area contributed by atoms with Crippen molar-refractivity contribution in [2.75, 3.05) is 26.2 Å². The second-order valence-corrected chi connectivity index (χ2v) is 6.89. The zero-order chi connectivity index (χ0) is 16.9. The molecule has 5 heteroatoms. The van der Waals surface area contributed by atoms with Gasteiger partial charge in [-0.1, -0.05) is 30.3 Å². The van der Waals surface area contributed by atoms with E-state index in [2.05, 4.69) is 56.7 Å². The molecule has 130 valence electrons. The van der Waals surface area contributed by atoms with E-state index in [9.17, 15) is 5.11 Å². The van der Waals surface area contributed by atoms with Crippen LogP contribution in [0.15, 0.2) is 42.7 Å². The molecule has 3 rings (SSSR count). The van der Waals surface area contributed by atoms with Crippen molar-refractivity contribution in [1.29, 1.82) is 0 Å². The predicted molar refractivity (Wildman–Crippen MR) is 95.8 cm³/mol. The van der Waals surface area contributed by atoms with Crippen molar-refractivity contribution in [3.63, 3.8) is 0 Å². The summed E-state index contributed by atoms with van der Waals surface area (Å²) < 4.78 is 2.24. The maximum Gasteiger partial charge on any atom is 0.123 e. The molecule has 1 saturated heterocycles. The summed E-state index contributed by atoms with van der Waals surface area (Å²) in [6.07, 6.45) is 3.70. The predicted octanol–water partition coefficient (Wildman–Crippen LogP) is 1.82. The van der Waals surface area contributed by atoms with E-state index >= 15 is 0 Å². The number of β-amino-alcohol motifs (C(OH)–C–C–N with tert-alkyl or cyclic N) is 1. The fourth-order valence-corrected chi connectivity index (χ4v) is 3.44. The minimum Gasteiger partial charge on any atom is -0.392 e. The quantitative estimate of drug-likeness (QED) is 0.878. The highest BCUT2D eigenvalue weighted by molar-refractivity contribution is 5.15. The van der Waals surface area contributed by atoms with Crippen molar-refractivity contribution in [3.05, 3.63) is 54.1 Å². The molecule has 2 aromatic rings. The third-order valence-electron chi connectivity index (χ3n) is 4.71. The van der Waals surface area contributed by atoms with Gasteiger partial charge in [-0.3, -0.25) is 9.80 Å². The normalized spacial score (nSPS) is 21.0. The first-order valence-corrected chi connectivity index (χ1v) is 8.80. The van der Waals surface area contributed by atoms with Crippen LogP contribution in [0.4, 0.5) is 0 Å². The minimum absolute atomic E-state index is 0.260. The number of aliphatic hydroxyl groups excluding tert-OH is 1. The third-order valence-corrected chi connectivity index (χ3v) is 4.71. The van der Waals surface area contributed by atoms with Crippen LogP contribution in [-0.4, -0.2) is 62.8 Å². The number of hydrogen-bond donors (Lipinski definition) is 1. The molecule has 1 fully saturated rings. The molecule has 0 aliphatic carbocycles. The Bertz CT molecular complexity index is 625. The molecule has 24 heavy (non-hydrogen) atoms. The van der Waals surface area contributed by atoms with Crippen LogP contribution in [0.3, 0.4) is 0 Å². The number of aromatic nitrogens is 2. The molecule has 1 N–H and O–H groups in total. The summed E-state index contributed by atoms with van der Waals surface area (Å²) in [7, 11) is 0. The lowest BCUT2D eigenvalue weighted by molar-refractivity contribution is 0.0410. The Labute approximate surface area is 144 Å². The Balaban J connectivity index is 1.59. The molecule has 0 radical (unpaired) electrons. The van der Waals surface area contributed by atoms with E-state index in [1.165, 1.54) is 5.56 Å². The first kappa shape index (κ1) is 17.1. The first-order chi connectivity index (χ1) is 11.6. The Kier molecular flexibility index (Phi) is 5.66. The molecule has 5 nitrogen and oxygen atoms in total. The summed E-state index contributed by atoms with van der Waals surface area (Å²) in [4.78, 5) is 9.40. The van der Waals surface area contributed by atoms with E-state index in [0.717, 1.165) is 45.1 Å². The Morgan fingerprint density at radius 2 is 2.00 bits per heavy atom. The highest BCUT2D eigenvalue weighted by Gasteiger charge is 2.25. The van der Waals surface area contributed by atoms with Crippen LogP contribution >= 0.6 is 0 Å². The second kappa shape index (κ2) is 7.92. The van der Waals surface area contributed by atoms with Crippen molar-refractivity contribution < 1.29 is 5.11 Å². The Hall–Kier alpha value is -1.69. The number of aliphatic hydroxyl groups is 1. The lowest BCUT2D eigenvalue weighted by atomic mass is 10.1. The first-order valence-electron chi connectivity index (χ1n) is 8.80. The lowest BCUT2D eigenvalue weighted by Gasteiger charge is -2.40. The zero-order valence-electron chi connectivity index (χ0n) is 14.7. The van der Waals surface area contributed by atoms with Gasteiger partial charge < -0.3 is 9.67 Å². The van der Waals surface area contributed by atoms with E-state index in [4.69, 9.17) is 0 Å². The molecule has 1 aliphatic rings. The maximum atomic E-state index is 9.60. The van der Waals surface area contributed by atoms with Gasteiger partial charge >= 0.3 is 0 Å². The largest absolute Gasteiger partial charge is 0.392 e. The molecule has 1 aliphatic heterocycles. The number of piperazine rings is 1. The number of hydrogen-bond acceptors (Lipinski definition) is 4. The van der Waals surface area contributed by atoms with E-state index in [1.807, 2.05) is 19.2 Å². The van der Waals surface area contributed by atoms with Crippen LogP contribution in [0, 0.1) is 0 Å². The van der Waals surface area contributed by atoms with Gasteiger partial charge in [0, 0.05) is 51.2 Å². The molecule has 1 aromatic carbocycles. The summed E-state index contributed by atoms with van der Waals surface area (Å²) in [6, 6.07) is 11.0. The van der Waals surface area contributed by atoms with Gasteiger partial charge in [0.15, 0.2) is 0 Å². The number of nitrogens with zero attached hydrogens (tertiary/aromatic N) is 4. The van der Waals surface area contributed by atoms with Crippen molar-refractivity contribution >= 4 is 0 Å². The summed E-state index contributed by atoms with van der Waals surface area (Å²) in [5.74, 6) is 1.12. The van der Waals surface area contributed by atoms with Crippen molar-refractivity contribution in [2.24, 2.45) is 0 Å². The van der Waals surface area contributed by atoms with Gasteiger partial charge in [-0.2, -0.15) is 0 Å². The number of benzene rings is 1. The molecular weight excluding hydrogens is 300 g/mol. The molecule has 0 amide bonds. The van der Waals surface area contributed by atoms with Gasteiger partial charge in [-0.25, -0.2) is 4.98 Å². The third kappa shape index (κ3) is 4.44. The SMILES string of the molecule is C[C@@H]1CN(Cc2nccn2Cc2ccccc2)CCN1C[C@@H](C)O. The summed E-state index contributed by atoms with van der Waals surface area (Å²) in [5.41, 5.74) is 1.30. The minimum atomic E-state index is -0.260. The molecular formula is C19H28N4O. The van der Waals surface area contributed by atoms with Gasteiger partial charge in [0.2, 0.25) is 0 Å². The van der Waals surface area contributed by atoms with Gasteiger partial charge in [0.25, 0.3) is 0 Å². The maximum absolute atomic E-state index is 9.60. The van der Waals surface area contributed by atoms with Crippen LogP contribution in [0.1, 0.15) is 25.2 Å². The fraction of sp³-hybridized carbons (Fsp3) is 0.526. The molecule has 0 unspecified atom stereocenters.